The topological polar surface area (TPSA) is 81.4 Å². The lowest BCUT2D eigenvalue weighted by molar-refractivity contribution is -0.141. The molecule has 1 rings (SSSR count). The van der Waals surface area contributed by atoms with Crippen LogP contribution in [-0.4, -0.2) is 25.0 Å². The first-order valence-corrected chi connectivity index (χ1v) is 7.52. The summed E-state index contributed by atoms with van der Waals surface area (Å²) in [6.45, 7) is 3.54. The Hall–Kier alpha value is -1.40. The van der Waals surface area contributed by atoms with Gasteiger partial charge in [0.2, 0.25) is 5.91 Å². The third-order valence-corrected chi connectivity index (χ3v) is 3.92. The molecule has 0 bridgehead atoms. The van der Waals surface area contributed by atoms with Crippen LogP contribution in [0.15, 0.2) is 28.7 Å². The molecule has 21 heavy (non-hydrogen) atoms. The summed E-state index contributed by atoms with van der Waals surface area (Å²) in [5, 5.41) is 2.86. The van der Waals surface area contributed by atoms with E-state index in [1.807, 2.05) is 24.3 Å². The minimum absolute atomic E-state index is 0.0789. The average molecular weight is 357 g/mol. The molecule has 1 amide bonds. The molecule has 6 heteroatoms. The maximum Gasteiger partial charge on any atom is 0.307 e. The standard InChI is InChI=1S/C15H21BrN2O3/c1-9(10(2)17)15(20)18-13(8-14(19)21-3)11-4-6-12(16)7-5-11/h4-7,9-10,13H,8,17H2,1-3H3,(H,18,20). The Kier molecular flexibility index (Phi) is 6.84. The molecule has 1 aromatic rings. The maximum absolute atomic E-state index is 12.2. The number of benzene rings is 1. The second-order valence-corrected chi connectivity index (χ2v) is 5.96. The molecule has 3 atom stereocenters. The zero-order valence-corrected chi connectivity index (χ0v) is 14.0. The maximum atomic E-state index is 12.2. The Morgan fingerprint density at radius 2 is 1.86 bits per heavy atom. The van der Waals surface area contributed by atoms with Crippen molar-refractivity contribution >= 4 is 27.8 Å². The third-order valence-electron chi connectivity index (χ3n) is 3.39. The molecular weight excluding hydrogens is 336 g/mol. The summed E-state index contributed by atoms with van der Waals surface area (Å²) < 4.78 is 5.62. The smallest absolute Gasteiger partial charge is 0.307 e. The number of halogens is 1. The van der Waals surface area contributed by atoms with E-state index in [2.05, 4.69) is 21.2 Å². The zero-order chi connectivity index (χ0) is 16.0. The molecule has 1 aromatic carbocycles. The minimum Gasteiger partial charge on any atom is -0.469 e. The Bertz CT molecular complexity index is 488. The van der Waals surface area contributed by atoms with Crippen LogP contribution in [-0.2, 0) is 14.3 Å². The molecule has 0 saturated carbocycles. The lowest BCUT2D eigenvalue weighted by Crippen LogP contribution is -2.40. The number of methoxy groups -OCH3 is 1. The van der Waals surface area contributed by atoms with Crippen LogP contribution in [0.5, 0.6) is 0 Å². The van der Waals surface area contributed by atoms with Gasteiger partial charge in [0, 0.05) is 16.4 Å². The number of carbonyl (C=O) groups excluding carboxylic acids is 2. The summed E-state index contributed by atoms with van der Waals surface area (Å²) in [6.07, 6.45) is 0.0789. The van der Waals surface area contributed by atoms with Gasteiger partial charge in [-0.2, -0.15) is 0 Å². The quantitative estimate of drug-likeness (QED) is 0.765. The zero-order valence-electron chi connectivity index (χ0n) is 12.4. The molecule has 0 aliphatic carbocycles. The normalized spacial score (nSPS) is 14.9. The second kappa shape index (κ2) is 8.14. The minimum atomic E-state index is -0.431. The molecule has 0 fully saturated rings. The van der Waals surface area contributed by atoms with Crippen molar-refractivity contribution in [3.05, 3.63) is 34.3 Å². The Morgan fingerprint density at radius 1 is 1.29 bits per heavy atom. The molecule has 0 radical (unpaired) electrons. The lowest BCUT2D eigenvalue weighted by Gasteiger charge is -2.22. The van der Waals surface area contributed by atoms with E-state index in [1.165, 1.54) is 7.11 Å². The summed E-state index contributed by atoms with van der Waals surface area (Å²) in [6, 6.07) is 6.75. The second-order valence-electron chi connectivity index (χ2n) is 5.04. The number of hydrogen-bond acceptors (Lipinski definition) is 4. The third kappa shape index (κ3) is 5.47. The summed E-state index contributed by atoms with van der Waals surface area (Å²) in [4.78, 5) is 23.7. The first kappa shape index (κ1) is 17.7. The van der Waals surface area contributed by atoms with E-state index in [0.717, 1.165) is 10.0 Å². The fourth-order valence-electron chi connectivity index (χ4n) is 1.74. The molecule has 116 valence electrons. The van der Waals surface area contributed by atoms with Gasteiger partial charge in [-0.15, -0.1) is 0 Å². The highest BCUT2D eigenvalue weighted by Gasteiger charge is 2.23. The molecule has 0 saturated heterocycles. The Balaban J connectivity index is 2.89. The highest BCUT2D eigenvalue weighted by Crippen LogP contribution is 2.21. The van der Waals surface area contributed by atoms with Crippen LogP contribution in [0, 0.1) is 5.92 Å². The molecule has 0 aliphatic rings. The van der Waals surface area contributed by atoms with E-state index in [9.17, 15) is 9.59 Å². The van der Waals surface area contributed by atoms with Gasteiger partial charge in [-0.3, -0.25) is 9.59 Å². The van der Waals surface area contributed by atoms with Gasteiger partial charge < -0.3 is 15.8 Å². The summed E-state index contributed by atoms with van der Waals surface area (Å²) in [7, 11) is 1.33. The first-order valence-electron chi connectivity index (χ1n) is 6.73. The number of nitrogens with one attached hydrogen (secondary N) is 1. The van der Waals surface area contributed by atoms with E-state index in [4.69, 9.17) is 10.5 Å². The molecule has 0 spiro atoms. The first-order chi connectivity index (χ1) is 9.85. The van der Waals surface area contributed by atoms with Gasteiger partial charge in [-0.1, -0.05) is 35.0 Å². The predicted molar refractivity (Wildman–Crippen MR) is 84.5 cm³/mol. The SMILES string of the molecule is COC(=O)CC(NC(=O)C(C)C(C)N)c1ccc(Br)cc1. The number of amides is 1. The summed E-state index contributed by atoms with van der Waals surface area (Å²) in [5.41, 5.74) is 6.58. The van der Waals surface area contributed by atoms with Crippen LogP contribution in [0.2, 0.25) is 0 Å². The monoisotopic (exact) mass is 356 g/mol. The van der Waals surface area contributed by atoms with Crippen molar-refractivity contribution in [1.82, 2.24) is 5.32 Å². The van der Waals surface area contributed by atoms with Crippen LogP contribution < -0.4 is 11.1 Å². The molecular formula is C15H21BrN2O3. The van der Waals surface area contributed by atoms with E-state index >= 15 is 0 Å². The van der Waals surface area contributed by atoms with E-state index in [0.29, 0.717) is 0 Å². The van der Waals surface area contributed by atoms with Gasteiger partial charge in [0.15, 0.2) is 0 Å². The summed E-state index contributed by atoms with van der Waals surface area (Å²) in [5.74, 6) is -0.890. The highest BCUT2D eigenvalue weighted by molar-refractivity contribution is 9.10. The van der Waals surface area contributed by atoms with Crippen LogP contribution >= 0.6 is 15.9 Å². The van der Waals surface area contributed by atoms with Crippen molar-refractivity contribution in [3.8, 4) is 0 Å². The highest BCUT2D eigenvalue weighted by atomic mass is 79.9. The van der Waals surface area contributed by atoms with Crippen LogP contribution in [0.3, 0.4) is 0 Å². The number of rotatable bonds is 6. The van der Waals surface area contributed by atoms with Crippen LogP contribution in [0.25, 0.3) is 0 Å². The number of nitrogens with two attached hydrogens (primary N) is 1. The number of esters is 1. The summed E-state index contributed by atoms with van der Waals surface area (Å²) >= 11 is 3.36. The molecule has 3 unspecified atom stereocenters. The molecule has 0 heterocycles. The van der Waals surface area contributed by atoms with Crippen molar-refractivity contribution in [2.45, 2.75) is 32.4 Å². The van der Waals surface area contributed by atoms with Gasteiger partial charge in [0.1, 0.15) is 0 Å². The van der Waals surface area contributed by atoms with Crippen molar-refractivity contribution in [3.63, 3.8) is 0 Å². The van der Waals surface area contributed by atoms with Crippen LogP contribution in [0.4, 0.5) is 0 Å². The molecule has 3 N–H and O–H groups in total. The van der Waals surface area contributed by atoms with Gasteiger partial charge in [-0.05, 0) is 24.6 Å². The van der Waals surface area contributed by atoms with Crippen molar-refractivity contribution in [2.75, 3.05) is 7.11 Å². The fourth-order valence-corrected chi connectivity index (χ4v) is 2.00. The molecule has 5 nitrogen and oxygen atoms in total. The van der Waals surface area contributed by atoms with Gasteiger partial charge in [0.05, 0.1) is 19.6 Å². The number of hydrogen-bond donors (Lipinski definition) is 2. The fraction of sp³-hybridized carbons (Fsp3) is 0.467. The Morgan fingerprint density at radius 3 is 2.33 bits per heavy atom. The Labute approximate surface area is 133 Å². The molecule has 0 aliphatic heterocycles. The van der Waals surface area contributed by atoms with Gasteiger partial charge in [0.25, 0.3) is 0 Å². The average Bonchev–Trinajstić information content (AvgIpc) is 2.46. The van der Waals surface area contributed by atoms with E-state index in [1.54, 1.807) is 13.8 Å². The van der Waals surface area contributed by atoms with E-state index in [-0.39, 0.29) is 30.3 Å². The predicted octanol–water partition coefficient (Wildman–Crippen LogP) is 2.15. The number of carbonyl (C=O) groups is 2. The molecule has 0 aromatic heterocycles. The van der Waals surface area contributed by atoms with Crippen molar-refractivity contribution in [1.29, 1.82) is 0 Å². The largest absolute Gasteiger partial charge is 0.469 e. The van der Waals surface area contributed by atoms with Gasteiger partial charge in [-0.25, -0.2) is 0 Å². The van der Waals surface area contributed by atoms with Crippen LogP contribution in [0.1, 0.15) is 31.9 Å². The lowest BCUT2D eigenvalue weighted by atomic mass is 10.00. The van der Waals surface area contributed by atoms with Crippen molar-refractivity contribution < 1.29 is 14.3 Å². The van der Waals surface area contributed by atoms with Crippen molar-refractivity contribution in [2.24, 2.45) is 11.7 Å². The van der Waals surface area contributed by atoms with Gasteiger partial charge >= 0.3 is 5.97 Å². The number of ether oxygens (including phenoxy) is 1. The van der Waals surface area contributed by atoms with E-state index < -0.39 is 6.04 Å².